The number of anilines is 2. The number of amides is 2. The number of benzene rings is 2. The average molecular weight is 353 g/mol. The van der Waals surface area contributed by atoms with Gasteiger partial charge in [-0.3, -0.25) is 19.7 Å². The minimum absolute atomic E-state index is 0.0415. The Morgan fingerprint density at radius 2 is 1.88 bits per heavy atom. The molecule has 134 valence electrons. The number of rotatable bonds is 4. The number of hydrogen-bond acceptors (Lipinski definition) is 4. The van der Waals surface area contributed by atoms with Crippen LogP contribution in [0.1, 0.15) is 17.5 Å². The summed E-state index contributed by atoms with van der Waals surface area (Å²) in [7, 11) is 0. The quantitative estimate of drug-likeness (QED) is 0.675. The first-order valence-corrected chi connectivity index (χ1v) is 8.28. The van der Waals surface area contributed by atoms with E-state index in [0.29, 0.717) is 12.2 Å². The van der Waals surface area contributed by atoms with Crippen molar-refractivity contribution in [1.82, 2.24) is 0 Å². The summed E-state index contributed by atoms with van der Waals surface area (Å²) in [5.41, 5.74) is 3.38. The van der Waals surface area contributed by atoms with E-state index in [1.165, 1.54) is 24.3 Å². The molecular formula is C19H19N3O4. The molecule has 1 atom stereocenters. The topological polar surface area (TPSA) is 92.6 Å². The normalized spacial score (nSPS) is 16.6. The fourth-order valence-corrected chi connectivity index (χ4v) is 3.05. The van der Waals surface area contributed by atoms with Gasteiger partial charge in [-0.1, -0.05) is 12.1 Å². The van der Waals surface area contributed by atoms with Crippen molar-refractivity contribution in [2.24, 2.45) is 5.92 Å². The molecule has 0 radical (unpaired) electrons. The van der Waals surface area contributed by atoms with Gasteiger partial charge in [-0.2, -0.15) is 0 Å². The number of nitro groups is 1. The van der Waals surface area contributed by atoms with Crippen LogP contribution in [0.2, 0.25) is 0 Å². The molecule has 2 aromatic carbocycles. The van der Waals surface area contributed by atoms with Gasteiger partial charge in [-0.25, -0.2) is 0 Å². The Labute approximate surface area is 150 Å². The van der Waals surface area contributed by atoms with Crippen molar-refractivity contribution in [3.05, 3.63) is 63.7 Å². The highest BCUT2D eigenvalue weighted by Gasteiger charge is 2.35. The number of carbonyl (C=O) groups excluding carboxylic acids is 2. The van der Waals surface area contributed by atoms with Crippen molar-refractivity contribution in [2.45, 2.75) is 20.3 Å². The van der Waals surface area contributed by atoms with Gasteiger partial charge < -0.3 is 10.2 Å². The highest BCUT2D eigenvalue weighted by molar-refractivity contribution is 6.03. The highest BCUT2D eigenvalue weighted by atomic mass is 16.6. The lowest BCUT2D eigenvalue weighted by Gasteiger charge is -2.20. The molecule has 26 heavy (non-hydrogen) atoms. The molecule has 0 unspecified atom stereocenters. The lowest BCUT2D eigenvalue weighted by molar-refractivity contribution is -0.384. The van der Waals surface area contributed by atoms with Crippen LogP contribution >= 0.6 is 0 Å². The van der Waals surface area contributed by atoms with E-state index < -0.39 is 10.8 Å². The maximum Gasteiger partial charge on any atom is 0.269 e. The fourth-order valence-electron chi connectivity index (χ4n) is 3.05. The van der Waals surface area contributed by atoms with Gasteiger partial charge in [-0.15, -0.1) is 0 Å². The van der Waals surface area contributed by atoms with Crippen LogP contribution in [0.25, 0.3) is 0 Å². The summed E-state index contributed by atoms with van der Waals surface area (Å²) in [4.78, 5) is 36.7. The van der Waals surface area contributed by atoms with Crippen molar-refractivity contribution in [1.29, 1.82) is 0 Å². The van der Waals surface area contributed by atoms with Crippen LogP contribution in [0.3, 0.4) is 0 Å². The molecule has 1 N–H and O–H groups in total. The summed E-state index contributed by atoms with van der Waals surface area (Å²) in [6.07, 6.45) is 0.145. The Bertz CT molecular complexity index is 877. The zero-order valence-corrected chi connectivity index (χ0v) is 14.6. The zero-order chi connectivity index (χ0) is 18.8. The molecule has 0 aromatic heterocycles. The van der Waals surface area contributed by atoms with Crippen molar-refractivity contribution >= 4 is 28.9 Å². The molecule has 3 rings (SSSR count). The van der Waals surface area contributed by atoms with Gasteiger partial charge >= 0.3 is 0 Å². The summed E-state index contributed by atoms with van der Waals surface area (Å²) in [5.74, 6) is -0.805. The van der Waals surface area contributed by atoms with E-state index in [1.807, 2.05) is 32.0 Å². The van der Waals surface area contributed by atoms with Gasteiger partial charge in [0, 0.05) is 36.5 Å². The highest BCUT2D eigenvalue weighted by Crippen LogP contribution is 2.30. The fraction of sp³-hybridized carbons (Fsp3) is 0.263. The van der Waals surface area contributed by atoms with E-state index in [2.05, 4.69) is 5.32 Å². The molecule has 0 spiro atoms. The Morgan fingerprint density at radius 1 is 1.19 bits per heavy atom. The van der Waals surface area contributed by atoms with E-state index in [0.717, 1.165) is 16.8 Å². The standard InChI is InChI=1S/C19H19N3O4/c1-12-4-3-5-17(13(12)2)21-11-14(10-18(21)23)19(24)20-15-6-8-16(9-7-15)22(25)26/h3-9,14H,10-11H2,1-2H3,(H,20,24)/t14-/m1/s1. The van der Waals surface area contributed by atoms with Crippen molar-refractivity contribution in [3.63, 3.8) is 0 Å². The second-order valence-corrected chi connectivity index (χ2v) is 6.42. The predicted octanol–water partition coefficient (Wildman–Crippen LogP) is 3.20. The number of hydrogen-bond donors (Lipinski definition) is 1. The molecule has 0 bridgehead atoms. The van der Waals surface area contributed by atoms with Crippen molar-refractivity contribution in [2.75, 3.05) is 16.8 Å². The first-order valence-electron chi connectivity index (χ1n) is 8.28. The maximum absolute atomic E-state index is 12.5. The second kappa shape index (κ2) is 6.95. The van der Waals surface area contributed by atoms with Crippen molar-refractivity contribution < 1.29 is 14.5 Å². The minimum atomic E-state index is -0.497. The maximum atomic E-state index is 12.5. The lowest BCUT2D eigenvalue weighted by Crippen LogP contribution is -2.28. The summed E-state index contributed by atoms with van der Waals surface area (Å²) in [6, 6.07) is 11.4. The SMILES string of the molecule is Cc1cccc(N2C[C@H](C(=O)Nc3ccc([N+](=O)[O-])cc3)CC2=O)c1C. The average Bonchev–Trinajstić information content (AvgIpc) is 2.99. The summed E-state index contributed by atoms with van der Waals surface area (Å²) in [5, 5.41) is 13.4. The number of nitrogens with zero attached hydrogens (tertiary/aromatic N) is 2. The molecule has 1 aliphatic rings. The zero-order valence-electron chi connectivity index (χ0n) is 14.6. The smallest absolute Gasteiger partial charge is 0.269 e. The van der Waals surface area contributed by atoms with Crippen LogP contribution in [-0.4, -0.2) is 23.3 Å². The van der Waals surface area contributed by atoms with E-state index in [4.69, 9.17) is 0 Å². The summed E-state index contributed by atoms with van der Waals surface area (Å²) >= 11 is 0. The third kappa shape index (κ3) is 3.42. The van der Waals surface area contributed by atoms with Gasteiger partial charge in [0.05, 0.1) is 10.8 Å². The van der Waals surface area contributed by atoms with Gasteiger partial charge in [0.1, 0.15) is 0 Å². The first kappa shape index (κ1) is 17.6. The van der Waals surface area contributed by atoms with Crippen LogP contribution in [0.15, 0.2) is 42.5 Å². The van der Waals surface area contributed by atoms with E-state index in [1.54, 1.807) is 4.90 Å². The largest absolute Gasteiger partial charge is 0.326 e. The molecule has 2 amide bonds. The Balaban J connectivity index is 1.71. The monoisotopic (exact) mass is 353 g/mol. The minimum Gasteiger partial charge on any atom is -0.326 e. The third-order valence-electron chi connectivity index (χ3n) is 4.71. The molecular weight excluding hydrogens is 334 g/mol. The number of nitro benzene ring substituents is 1. The number of carbonyl (C=O) groups is 2. The first-order chi connectivity index (χ1) is 12.4. The van der Waals surface area contributed by atoms with Crippen LogP contribution in [0.4, 0.5) is 17.1 Å². The summed E-state index contributed by atoms with van der Waals surface area (Å²) in [6.45, 7) is 4.27. The number of non-ortho nitro benzene ring substituents is 1. The lowest BCUT2D eigenvalue weighted by atomic mass is 10.1. The Kier molecular flexibility index (Phi) is 4.71. The van der Waals surface area contributed by atoms with Gasteiger partial charge in [0.2, 0.25) is 11.8 Å². The van der Waals surface area contributed by atoms with Crippen molar-refractivity contribution in [3.8, 4) is 0 Å². The Morgan fingerprint density at radius 3 is 2.54 bits per heavy atom. The van der Waals surface area contributed by atoms with Crippen LogP contribution in [0, 0.1) is 29.9 Å². The Hall–Kier alpha value is -3.22. The molecule has 7 heteroatoms. The van der Waals surface area contributed by atoms with Crippen LogP contribution < -0.4 is 10.2 Å². The van der Waals surface area contributed by atoms with Gasteiger partial charge in [0.25, 0.3) is 5.69 Å². The third-order valence-corrected chi connectivity index (χ3v) is 4.71. The second-order valence-electron chi connectivity index (χ2n) is 6.42. The molecule has 1 saturated heterocycles. The molecule has 7 nitrogen and oxygen atoms in total. The number of aryl methyl sites for hydroxylation is 1. The van der Waals surface area contributed by atoms with E-state index >= 15 is 0 Å². The van der Waals surface area contributed by atoms with Crippen LogP contribution in [0.5, 0.6) is 0 Å². The van der Waals surface area contributed by atoms with E-state index in [-0.39, 0.29) is 23.9 Å². The molecule has 2 aromatic rings. The molecule has 1 aliphatic heterocycles. The van der Waals surface area contributed by atoms with Crippen LogP contribution in [-0.2, 0) is 9.59 Å². The molecule has 1 heterocycles. The predicted molar refractivity (Wildman–Crippen MR) is 98.1 cm³/mol. The van der Waals surface area contributed by atoms with E-state index in [9.17, 15) is 19.7 Å². The summed E-state index contributed by atoms with van der Waals surface area (Å²) < 4.78 is 0. The molecule has 1 fully saturated rings. The number of nitrogens with one attached hydrogen (secondary N) is 1. The van der Waals surface area contributed by atoms with Gasteiger partial charge in [-0.05, 0) is 43.2 Å². The molecule has 0 aliphatic carbocycles. The van der Waals surface area contributed by atoms with Gasteiger partial charge in [0.15, 0.2) is 0 Å². The molecule has 0 saturated carbocycles.